The first-order valence-corrected chi connectivity index (χ1v) is 8.67. The molecule has 1 saturated heterocycles. The van der Waals surface area contributed by atoms with Crippen LogP contribution in [0.15, 0.2) is 16.9 Å². The highest BCUT2D eigenvalue weighted by Gasteiger charge is 2.15. The lowest BCUT2D eigenvalue weighted by atomic mass is 10.4. The Balaban J connectivity index is 1.76. The van der Waals surface area contributed by atoms with Gasteiger partial charge in [0.05, 0.1) is 16.8 Å². The number of rotatable bonds is 3. The zero-order valence-corrected chi connectivity index (χ0v) is 13.8. The largest absolute Gasteiger partial charge is 0.301 e. The van der Waals surface area contributed by atoms with Gasteiger partial charge in [0.15, 0.2) is 0 Å². The number of aryl methyl sites for hydroxylation is 2. The van der Waals surface area contributed by atoms with Crippen LogP contribution in [-0.4, -0.2) is 38.7 Å². The predicted octanol–water partition coefficient (Wildman–Crippen LogP) is 2.42. The van der Waals surface area contributed by atoms with E-state index in [4.69, 9.17) is 0 Å². The maximum absolute atomic E-state index is 12.7. The fourth-order valence-electron chi connectivity index (χ4n) is 3.41. The molecule has 0 bridgehead atoms. The molecular formula is C16H20N4OS. The number of fused-ring (bicyclic) bond motifs is 3. The molecule has 0 aliphatic carbocycles. The Hall–Kier alpha value is -1.66. The maximum atomic E-state index is 12.7. The van der Waals surface area contributed by atoms with E-state index >= 15 is 0 Å². The van der Waals surface area contributed by atoms with Crippen LogP contribution in [0.25, 0.3) is 15.7 Å². The van der Waals surface area contributed by atoms with Gasteiger partial charge in [0.1, 0.15) is 11.3 Å². The number of hydrogen-bond donors (Lipinski definition) is 0. The Morgan fingerprint density at radius 2 is 1.91 bits per heavy atom. The molecular weight excluding hydrogens is 296 g/mol. The summed E-state index contributed by atoms with van der Waals surface area (Å²) in [6.45, 7) is 7.96. The molecule has 3 aromatic heterocycles. The minimum atomic E-state index is 0.0193. The zero-order valence-electron chi connectivity index (χ0n) is 13.0. The van der Waals surface area contributed by atoms with Gasteiger partial charge in [0.2, 0.25) is 0 Å². The lowest BCUT2D eigenvalue weighted by Crippen LogP contribution is -2.32. The van der Waals surface area contributed by atoms with Gasteiger partial charge >= 0.3 is 0 Å². The van der Waals surface area contributed by atoms with Crippen molar-refractivity contribution in [2.24, 2.45) is 0 Å². The molecule has 1 fully saturated rings. The molecule has 0 aromatic carbocycles. The summed E-state index contributed by atoms with van der Waals surface area (Å²) in [6, 6.07) is 4.14. The Morgan fingerprint density at radius 1 is 1.14 bits per heavy atom. The summed E-state index contributed by atoms with van der Waals surface area (Å²) < 4.78 is 4.80. The van der Waals surface area contributed by atoms with Crippen molar-refractivity contribution in [3.8, 4) is 0 Å². The van der Waals surface area contributed by atoms with Gasteiger partial charge in [0, 0.05) is 11.4 Å². The summed E-state index contributed by atoms with van der Waals surface area (Å²) in [6.07, 6.45) is 2.55. The van der Waals surface area contributed by atoms with E-state index in [-0.39, 0.29) is 5.56 Å². The van der Waals surface area contributed by atoms with Crippen LogP contribution in [0.3, 0.4) is 0 Å². The molecule has 0 unspecified atom stereocenters. The molecule has 3 aromatic rings. The topological polar surface area (TPSA) is 42.5 Å². The van der Waals surface area contributed by atoms with Crippen LogP contribution in [0.4, 0.5) is 0 Å². The summed E-state index contributed by atoms with van der Waals surface area (Å²) in [5.41, 5.74) is 1.87. The first-order valence-electron chi connectivity index (χ1n) is 7.85. The van der Waals surface area contributed by atoms with Crippen LogP contribution in [-0.2, 0) is 6.54 Å². The van der Waals surface area contributed by atoms with Crippen LogP contribution in [0.1, 0.15) is 23.5 Å². The molecule has 0 atom stereocenters. The van der Waals surface area contributed by atoms with E-state index in [2.05, 4.69) is 23.0 Å². The summed E-state index contributed by atoms with van der Waals surface area (Å²) >= 11 is 1.73. The molecule has 0 amide bonds. The number of nitrogens with zero attached hydrogens (tertiary/aromatic N) is 4. The summed E-state index contributed by atoms with van der Waals surface area (Å²) in [5, 5.41) is 4.54. The Bertz CT molecular complexity index is 898. The summed E-state index contributed by atoms with van der Waals surface area (Å²) in [4.78, 5) is 16.4. The van der Waals surface area contributed by atoms with Crippen molar-refractivity contribution in [1.82, 2.24) is 19.1 Å². The fourth-order valence-corrected chi connectivity index (χ4v) is 4.36. The van der Waals surface area contributed by atoms with Crippen molar-refractivity contribution in [1.29, 1.82) is 0 Å². The van der Waals surface area contributed by atoms with E-state index in [0.29, 0.717) is 6.54 Å². The van der Waals surface area contributed by atoms with Gasteiger partial charge < -0.3 is 4.90 Å². The van der Waals surface area contributed by atoms with Gasteiger partial charge in [0.25, 0.3) is 5.56 Å². The highest BCUT2D eigenvalue weighted by atomic mass is 32.1. The van der Waals surface area contributed by atoms with Gasteiger partial charge in [-0.3, -0.25) is 9.20 Å². The van der Waals surface area contributed by atoms with Crippen molar-refractivity contribution in [3.63, 3.8) is 0 Å². The third-order valence-electron chi connectivity index (χ3n) is 4.48. The molecule has 1 aliphatic heterocycles. The fraction of sp³-hybridized carbons (Fsp3) is 0.500. The number of aromatic nitrogens is 3. The van der Waals surface area contributed by atoms with Gasteiger partial charge in [-0.05, 0) is 51.9 Å². The lowest BCUT2D eigenvalue weighted by Gasteiger charge is -2.15. The molecule has 4 rings (SSSR count). The first kappa shape index (κ1) is 14.0. The molecule has 0 saturated carbocycles. The van der Waals surface area contributed by atoms with Gasteiger partial charge in [-0.15, -0.1) is 11.3 Å². The lowest BCUT2D eigenvalue weighted by molar-refractivity contribution is 0.311. The van der Waals surface area contributed by atoms with E-state index in [0.717, 1.165) is 41.2 Å². The molecule has 5 nitrogen and oxygen atoms in total. The van der Waals surface area contributed by atoms with E-state index in [1.54, 1.807) is 16.0 Å². The van der Waals surface area contributed by atoms with Gasteiger partial charge in [-0.2, -0.15) is 5.10 Å². The quantitative estimate of drug-likeness (QED) is 0.745. The third kappa shape index (κ3) is 2.18. The number of thiophene rings is 1. The van der Waals surface area contributed by atoms with Gasteiger partial charge in [-0.25, -0.2) is 4.68 Å². The first-order chi connectivity index (χ1) is 10.6. The molecule has 0 N–H and O–H groups in total. The second-order valence-electron chi connectivity index (χ2n) is 6.10. The van der Waals surface area contributed by atoms with Gasteiger partial charge in [-0.1, -0.05) is 0 Å². The van der Waals surface area contributed by atoms with Crippen molar-refractivity contribution >= 4 is 27.1 Å². The second-order valence-corrected chi connectivity index (χ2v) is 7.38. The predicted molar refractivity (Wildman–Crippen MR) is 90.0 cm³/mol. The SMILES string of the molecule is Cc1cc2c(cc3c(=O)n(CCN4CCCC4)nc(C)n32)s1. The average molecular weight is 316 g/mol. The third-order valence-corrected chi connectivity index (χ3v) is 5.47. The van der Waals surface area contributed by atoms with Crippen LogP contribution < -0.4 is 5.56 Å². The Kier molecular flexibility index (Phi) is 3.31. The molecule has 116 valence electrons. The van der Waals surface area contributed by atoms with Crippen LogP contribution in [0.2, 0.25) is 0 Å². The monoisotopic (exact) mass is 316 g/mol. The second kappa shape index (κ2) is 5.21. The summed E-state index contributed by atoms with van der Waals surface area (Å²) in [7, 11) is 0. The molecule has 22 heavy (non-hydrogen) atoms. The molecule has 4 heterocycles. The van der Waals surface area contributed by atoms with Crippen molar-refractivity contribution < 1.29 is 0 Å². The Labute approximate surface area is 132 Å². The minimum Gasteiger partial charge on any atom is -0.301 e. The van der Waals surface area contributed by atoms with E-state index in [1.165, 1.54) is 17.7 Å². The van der Waals surface area contributed by atoms with Crippen LogP contribution in [0.5, 0.6) is 0 Å². The van der Waals surface area contributed by atoms with Crippen molar-refractivity contribution in [2.45, 2.75) is 33.2 Å². The van der Waals surface area contributed by atoms with E-state index < -0.39 is 0 Å². The standard InChI is InChI=1S/C16H20N4OS/c1-11-9-13-15(22-11)10-14-16(21)19(17-12(2)20(13)14)8-7-18-5-3-4-6-18/h9-10H,3-8H2,1-2H3. The number of likely N-dealkylation sites (tertiary alicyclic amines) is 1. The average Bonchev–Trinajstić information content (AvgIpc) is 3.16. The normalized spacial score (nSPS) is 16.3. The molecule has 0 spiro atoms. The number of hydrogen-bond acceptors (Lipinski definition) is 4. The van der Waals surface area contributed by atoms with E-state index in [1.807, 2.05) is 17.4 Å². The van der Waals surface area contributed by atoms with Crippen molar-refractivity contribution in [3.05, 3.63) is 33.2 Å². The summed E-state index contributed by atoms with van der Waals surface area (Å²) in [5.74, 6) is 0.879. The zero-order chi connectivity index (χ0) is 15.3. The molecule has 6 heteroatoms. The van der Waals surface area contributed by atoms with Crippen molar-refractivity contribution in [2.75, 3.05) is 19.6 Å². The minimum absolute atomic E-state index is 0.0193. The molecule has 0 radical (unpaired) electrons. The van der Waals surface area contributed by atoms with E-state index in [9.17, 15) is 4.79 Å². The molecule has 1 aliphatic rings. The highest BCUT2D eigenvalue weighted by Crippen LogP contribution is 2.27. The maximum Gasteiger partial charge on any atom is 0.291 e. The Morgan fingerprint density at radius 3 is 2.68 bits per heavy atom. The smallest absolute Gasteiger partial charge is 0.291 e. The highest BCUT2D eigenvalue weighted by molar-refractivity contribution is 7.19. The van der Waals surface area contributed by atoms with Crippen LogP contribution >= 0.6 is 11.3 Å². The van der Waals surface area contributed by atoms with Crippen LogP contribution in [0, 0.1) is 13.8 Å².